The lowest BCUT2D eigenvalue weighted by Gasteiger charge is -2.33. The van der Waals surface area contributed by atoms with E-state index in [2.05, 4.69) is 66.3 Å². The number of nitrogens with one attached hydrogen (secondary N) is 1. The molecular weight excluding hydrogens is 310 g/mol. The van der Waals surface area contributed by atoms with E-state index in [1.807, 2.05) is 0 Å². The van der Waals surface area contributed by atoms with Gasteiger partial charge in [0.05, 0.1) is 0 Å². The van der Waals surface area contributed by atoms with Crippen LogP contribution in [0.15, 0.2) is 28.7 Å². The van der Waals surface area contributed by atoms with Gasteiger partial charge in [-0.2, -0.15) is 0 Å². The molecule has 1 atom stereocenters. The summed E-state index contributed by atoms with van der Waals surface area (Å²) in [5.41, 5.74) is 1.42. The molecule has 0 bridgehead atoms. The summed E-state index contributed by atoms with van der Waals surface area (Å²) in [6.45, 7) is 7.06. The van der Waals surface area contributed by atoms with Crippen molar-refractivity contribution in [2.75, 3.05) is 0 Å². The first-order valence-electron chi connectivity index (χ1n) is 8.05. The second kappa shape index (κ2) is 7.61. The van der Waals surface area contributed by atoms with Crippen molar-refractivity contribution in [2.24, 2.45) is 11.8 Å². The van der Waals surface area contributed by atoms with Crippen LogP contribution in [0.1, 0.15) is 52.0 Å². The van der Waals surface area contributed by atoms with Crippen molar-refractivity contribution in [3.05, 3.63) is 34.3 Å². The van der Waals surface area contributed by atoms with Gasteiger partial charge in [-0.15, -0.1) is 0 Å². The summed E-state index contributed by atoms with van der Waals surface area (Å²) in [4.78, 5) is 0. The van der Waals surface area contributed by atoms with Gasteiger partial charge in [0.15, 0.2) is 0 Å². The van der Waals surface area contributed by atoms with Gasteiger partial charge >= 0.3 is 0 Å². The Morgan fingerprint density at radius 1 is 1.05 bits per heavy atom. The van der Waals surface area contributed by atoms with Crippen LogP contribution in [0, 0.1) is 11.8 Å². The number of hydrogen-bond acceptors (Lipinski definition) is 1. The predicted octanol–water partition coefficient (Wildman–Crippen LogP) is 5.18. The van der Waals surface area contributed by atoms with Crippen molar-refractivity contribution < 1.29 is 0 Å². The van der Waals surface area contributed by atoms with Crippen LogP contribution in [-0.4, -0.2) is 12.1 Å². The Balaban J connectivity index is 1.75. The first-order chi connectivity index (χ1) is 9.54. The highest BCUT2D eigenvalue weighted by atomic mass is 79.9. The smallest absolute Gasteiger partial charge is 0.0175 e. The zero-order chi connectivity index (χ0) is 14.5. The van der Waals surface area contributed by atoms with E-state index in [4.69, 9.17) is 0 Å². The van der Waals surface area contributed by atoms with E-state index in [0.717, 1.165) is 28.8 Å². The highest BCUT2D eigenvalue weighted by molar-refractivity contribution is 9.10. The largest absolute Gasteiger partial charge is 0.311 e. The van der Waals surface area contributed by atoms with Crippen LogP contribution in [0.2, 0.25) is 0 Å². The molecule has 0 aromatic heterocycles. The maximum Gasteiger partial charge on any atom is 0.0175 e. The third-order valence-electron chi connectivity index (χ3n) is 4.69. The summed E-state index contributed by atoms with van der Waals surface area (Å²) in [7, 11) is 0. The van der Waals surface area contributed by atoms with Gasteiger partial charge in [-0.1, -0.05) is 41.9 Å². The molecule has 0 saturated heterocycles. The minimum Gasteiger partial charge on any atom is -0.311 e. The number of halogens is 1. The molecule has 1 aromatic rings. The Morgan fingerprint density at radius 3 is 2.20 bits per heavy atom. The molecule has 1 saturated carbocycles. The van der Waals surface area contributed by atoms with Crippen molar-refractivity contribution >= 4 is 15.9 Å². The molecule has 1 fully saturated rings. The van der Waals surface area contributed by atoms with Gasteiger partial charge in [0, 0.05) is 16.6 Å². The van der Waals surface area contributed by atoms with E-state index < -0.39 is 0 Å². The van der Waals surface area contributed by atoms with Crippen molar-refractivity contribution in [1.82, 2.24) is 5.32 Å². The minimum atomic E-state index is 0.566. The first kappa shape index (κ1) is 16.0. The molecule has 1 aromatic carbocycles. The lowest BCUT2D eigenvalue weighted by molar-refractivity contribution is 0.230. The monoisotopic (exact) mass is 337 g/mol. The van der Waals surface area contributed by atoms with Gasteiger partial charge < -0.3 is 5.32 Å². The van der Waals surface area contributed by atoms with Gasteiger partial charge in [-0.05, 0) is 68.6 Å². The summed E-state index contributed by atoms with van der Waals surface area (Å²) in [6, 6.07) is 10.0. The highest BCUT2D eigenvalue weighted by Crippen LogP contribution is 2.30. The van der Waals surface area contributed by atoms with Crippen LogP contribution in [0.4, 0.5) is 0 Å². The maximum atomic E-state index is 3.83. The molecule has 2 rings (SSSR count). The Hall–Kier alpha value is -0.340. The molecule has 0 aliphatic heterocycles. The molecule has 1 nitrogen and oxygen atoms in total. The lowest BCUT2D eigenvalue weighted by Crippen LogP contribution is -2.40. The second-order valence-electron chi connectivity index (χ2n) is 6.75. The zero-order valence-electron chi connectivity index (χ0n) is 13.0. The molecule has 1 unspecified atom stereocenters. The van der Waals surface area contributed by atoms with E-state index in [1.54, 1.807) is 0 Å². The zero-order valence-corrected chi connectivity index (χ0v) is 14.6. The van der Waals surface area contributed by atoms with Gasteiger partial charge in [0.1, 0.15) is 0 Å². The Bertz CT molecular complexity index is 390. The molecule has 2 heteroatoms. The van der Waals surface area contributed by atoms with Crippen LogP contribution in [-0.2, 0) is 6.42 Å². The van der Waals surface area contributed by atoms with E-state index >= 15 is 0 Å². The SMILES string of the molecule is CC(Cc1ccc(Br)cc1)NC1CCC(C(C)C)CC1. The average Bonchev–Trinajstić information content (AvgIpc) is 2.42. The molecule has 20 heavy (non-hydrogen) atoms. The fourth-order valence-electron chi connectivity index (χ4n) is 3.39. The molecule has 0 spiro atoms. The molecule has 1 aliphatic carbocycles. The third-order valence-corrected chi connectivity index (χ3v) is 5.22. The fraction of sp³-hybridized carbons (Fsp3) is 0.667. The lowest BCUT2D eigenvalue weighted by atomic mass is 9.79. The van der Waals surface area contributed by atoms with Gasteiger partial charge in [-0.25, -0.2) is 0 Å². The van der Waals surface area contributed by atoms with Crippen LogP contribution in [0.25, 0.3) is 0 Å². The summed E-state index contributed by atoms with van der Waals surface area (Å²) < 4.78 is 1.16. The Kier molecular flexibility index (Phi) is 6.10. The van der Waals surface area contributed by atoms with Gasteiger partial charge in [0.25, 0.3) is 0 Å². The quantitative estimate of drug-likeness (QED) is 0.779. The minimum absolute atomic E-state index is 0.566. The van der Waals surface area contributed by atoms with E-state index in [0.29, 0.717) is 6.04 Å². The molecule has 0 radical (unpaired) electrons. The van der Waals surface area contributed by atoms with Crippen molar-refractivity contribution in [2.45, 2.75) is 65.0 Å². The van der Waals surface area contributed by atoms with Crippen molar-refractivity contribution in [3.63, 3.8) is 0 Å². The molecule has 0 amide bonds. The summed E-state index contributed by atoms with van der Waals surface area (Å²) in [5, 5.41) is 3.83. The van der Waals surface area contributed by atoms with Crippen molar-refractivity contribution in [1.29, 1.82) is 0 Å². The molecule has 112 valence electrons. The van der Waals surface area contributed by atoms with Gasteiger partial charge in [-0.3, -0.25) is 0 Å². The second-order valence-corrected chi connectivity index (χ2v) is 7.67. The number of hydrogen-bond donors (Lipinski definition) is 1. The summed E-state index contributed by atoms with van der Waals surface area (Å²) >= 11 is 3.49. The van der Waals surface area contributed by atoms with Crippen LogP contribution < -0.4 is 5.32 Å². The summed E-state index contributed by atoms with van der Waals surface area (Å²) in [5.74, 6) is 1.81. The highest BCUT2D eigenvalue weighted by Gasteiger charge is 2.23. The van der Waals surface area contributed by atoms with Crippen LogP contribution in [0.3, 0.4) is 0 Å². The number of rotatable bonds is 5. The van der Waals surface area contributed by atoms with E-state index in [1.165, 1.54) is 31.2 Å². The predicted molar refractivity (Wildman–Crippen MR) is 91.0 cm³/mol. The van der Waals surface area contributed by atoms with Gasteiger partial charge in [0.2, 0.25) is 0 Å². The summed E-state index contributed by atoms with van der Waals surface area (Å²) in [6.07, 6.45) is 6.64. The average molecular weight is 338 g/mol. The van der Waals surface area contributed by atoms with Crippen LogP contribution in [0.5, 0.6) is 0 Å². The fourth-order valence-corrected chi connectivity index (χ4v) is 3.65. The Morgan fingerprint density at radius 2 is 1.65 bits per heavy atom. The third kappa shape index (κ3) is 4.89. The molecule has 0 heterocycles. The standard InChI is InChI=1S/C18H28BrN/c1-13(2)16-6-10-18(11-7-16)20-14(3)12-15-4-8-17(19)9-5-15/h4-5,8-9,13-14,16,18,20H,6-7,10-12H2,1-3H3. The first-order valence-corrected chi connectivity index (χ1v) is 8.84. The maximum absolute atomic E-state index is 3.83. The molecular formula is C18H28BrN. The van der Waals surface area contributed by atoms with Crippen LogP contribution >= 0.6 is 15.9 Å². The topological polar surface area (TPSA) is 12.0 Å². The molecule has 1 aliphatic rings. The number of benzene rings is 1. The Labute approximate surface area is 132 Å². The molecule has 1 N–H and O–H groups in total. The van der Waals surface area contributed by atoms with Crippen molar-refractivity contribution in [3.8, 4) is 0 Å². The van der Waals surface area contributed by atoms with E-state index in [-0.39, 0.29) is 0 Å². The normalized spacial score (nSPS) is 24.9. The van der Waals surface area contributed by atoms with E-state index in [9.17, 15) is 0 Å².